The van der Waals surface area contributed by atoms with Crippen molar-refractivity contribution in [1.29, 1.82) is 0 Å². The second kappa shape index (κ2) is 3.52. The van der Waals surface area contributed by atoms with Gasteiger partial charge in [0, 0.05) is 33.5 Å². The predicted molar refractivity (Wildman–Crippen MR) is 57.8 cm³/mol. The lowest BCUT2D eigenvalue weighted by Crippen LogP contribution is -2.52. The van der Waals surface area contributed by atoms with Crippen molar-refractivity contribution >= 4 is 5.78 Å². The van der Waals surface area contributed by atoms with Crippen molar-refractivity contribution < 1.29 is 19.0 Å². The number of ketones is 1. The van der Waals surface area contributed by atoms with Crippen LogP contribution in [0.3, 0.4) is 0 Å². The van der Waals surface area contributed by atoms with Crippen LogP contribution in [0.4, 0.5) is 0 Å². The van der Waals surface area contributed by atoms with Gasteiger partial charge in [0.2, 0.25) is 0 Å². The van der Waals surface area contributed by atoms with Gasteiger partial charge in [-0.1, -0.05) is 0 Å². The summed E-state index contributed by atoms with van der Waals surface area (Å²) in [6, 6.07) is 0. The van der Waals surface area contributed by atoms with Crippen LogP contribution in [0, 0.1) is 5.41 Å². The van der Waals surface area contributed by atoms with E-state index in [4.69, 9.17) is 14.2 Å². The highest BCUT2D eigenvalue weighted by atomic mass is 16.8. The number of hydrogen-bond donors (Lipinski definition) is 0. The minimum absolute atomic E-state index is 0.223. The molecule has 16 heavy (non-hydrogen) atoms. The quantitative estimate of drug-likeness (QED) is 0.723. The first-order valence-electron chi connectivity index (χ1n) is 5.75. The number of Topliss-reactive ketones (excluding diaryl/α,β-unsaturated/α-hetero) is 1. The van der Waals surface area contributed by atoms with Crippen LogP contribution in [-0.2, 0) is 19.0 Å². The fourth-order valence-electron chi connectivity index (χ4n) is 3.15. The monoisotopic (exact) mass is 228 g/mol. The Kier molecular flexibility index (Phi) is 2.64. The molecule has 1 heterocycles. The summed E-state index contributed by atoms with van der Waals surface area (Å²) in [5.41, 5.74) is -0.579. The number of hydrogen-bond acceptors (Lipinski definition) is 4. The van der Waals surface area contributed by atoms with Crippen LogP contribution in [0.2, 0.25) is 0 Å². The highest BCUT2D eigenvalue weighted by molar-refractivity contribution is 5.87. The molecule has 92 valence electrons. The molecular weight excluding hydrogens is 208 g/mol. The lowest BCUT2D eigenvalue weighted by atomic mass is 9.68. The van der Waals surface area contributed by atoms with Crippen molar-refractivity contribution in [2.24, 2.45) is 5.41 Å². The lowest BCUT2D eigenvalue weighted by Gasteiger charge is -2.42. The van der Waals surface area contributed by atoms with E-state index in [1.54, 1.807) is 14.2 Å². The molecule has 3 atom stereocenters. The molecule has 0 spiro atoms. The predicted octanol–water partition coefficient (Wildman–Crippen LogP) is 1.87. The Labute approximate surface area is 96.2 Å². The Bertz CT molecular complexity index is 316. The van der Waals surface area contributed by atoms with Crippen LogP contribution in [-0.4, -0.2) is 31.6 Å². The number of fused-ring (bicyclic) bond motifs is 1. The summed E-state index contributed by atoms with van der Waals surface area (Å²) < 4.78 is 16.9. The number of ether oxygens (including phenoxy) is 3. The molecule has 0 bridgehead atoms. The molecule has 2 aliphatic rings. The van der Waals surface area contributed by atoms with Crippen LogP contribution in [0.25, 0.3) is 0 Å². The third kappa shape index (κ3) is 1.36. The molecule has 1 aliphatic heterocycles. The molecule has 2 fully saturated rings. The Morgan fingerprint density at radius 2 is 1.94 bits per heavy atom. The molecular formula is C12H20O4. The van der Waals surface area contributed by atoms with E-state index in [2.05, 4.69) is 0 Å². The van der Waals surface area contributed by atoms with Crippen molar-refractivity contribution in [1.82, 2.24) is 0 Å². The lowest BCUT2D eigenvalue weighted by molar-refractivity contribution is -0.318. The van der Waals surface area contributed by atoms with Gasteiger partial charge in [-0.25, -0.2) is 0 Å². The van der Waals surface area contributed by atoms with E-state index in [1.165, 1.54) is 0 Å². The maximum Gasteiger partial charge on any atom is 0.183 e. The van der Waals surface area contributed by atoms with Gasteiger partial charge in [-0.15, -0.1) is 0 Å². The van der Waals surface area contributed by atoms with E-state index in [0.717, 1.165) is 12.8 Å². The maximum atomic E-state index is 12.1. The molecule has 1 saturated heterocycles. The fourth-order valence-corrected chi connectivity index (χ4v) is 3.15. The van der Waals surface area contributed by atoms with Gasteiger partial charge in [0.1, 0.15) is 5.78 Å². The summed E-state index contributed by atoms with van der Waals surface area (Å²) >= 11 is 0. The SMILES string of the molecule is COC1(C)C[C@@]2(C)C(=O)CCC[C@@]2(OC)O1. The van der Waals surface area contributed by atoms with Gasteiger partial charge in [0.25, 0.3) is 0 Å². The smallest absolute Gasteiger partial charge is 0.183 e. The van der Waals surface area contributed by atoms with Crippen molar-refractivity contribution in [3.05, 3.63) is 0 Å². The van der Waals surface area contributed by atoms with Crippen LogP contribution in [0.5, 0.6) is 0 Å². The third-order valence-electron chi connectivity index (χ3n) is 4.18. The molecule has 0 aromatic heterocycles. The zero-order chi connectivity index (χ0) is 12.0. The van der Waals surface area contributed by atoms with Crippen LogP contribution in [0.1, 0.15) is 39.5 Å². The molecule has 1 aliphatic carbocycles. The Morgan fingerprint density at radius 1 is 1.25 bits per heavy atom. The number of carbonyl (C=O) groups is 1. The molecule has 2 rings (SSSR count). The summed E-state index contributed by atoms with van der Waals surface area (Å²) in [6.45, 7) is 3.80. The van der Waals surface area contributed by atoms with Gasteiger partial charge in [-0.05, 0) is 20.3 Å². The third-order valence-corrected chi connectivity index (χ3v) is 4.18. The minimum atomic E-state index is -0.799. The Hall–Kier alpha value is -0.450. The fraction of sp³-hybridized carbons (Fsp3) is 0.917. The first-order chi connectivity index (χ1) is 7.41. The molecule has 1 unspecified atom stereocenters. The van der Waals surface area contributed by atoms with E-state index in [1.807, 2.05) is 13.8 Å². The van der Waals surface area contributed by atoms with Gasteiger partial charge in [0.15, 0.2) is 11.6 Å². The van der Waals surface area contributed by atoms with Crippen molar-refractivity contribution in [2.45, 2.75) is 51.1 Å². The van der Waals surface area contributed by atoms with E-state index in [-0.39, 0.29) is 5.78 Å². The second-order valence-corrected chi connectivity index (χ2v) is 5.18. The van der Waals surface area contributed by atoms with Gasteiger partial charge in [-0.3, -0.25) is 4.79 Å². The summed E-state index contributed by atoms with van der Waals surface area (Å²) in [5.74, 6) is -1.29. The largest absolute Gasteiger partial charge is 0.353 e. The second-order valence-electron chi connectivity index (χ2n) is 5.18. The zero-order valence-corrected chi connectivity index (χ0v) is 10.5. The standard InChI is InChI=1S/C12H20O4/c1-10-8-11(2,14-3)16-12(10,15-4)7-5-6-9(10)13/h5-8H2,1-4H3/t10-,11?,12+/m0/s1. The van der Waals surface area contributed by atoms with Gasteiger partial charge in [-0.2, -0.15) is 0 Å². The molecule has 1 saturated carbocycles. The van der Waals surface area contributed by atoms with Gasteiger partial charge >= 0.3 is 0 Å². The average molecular weight is 228 g/mol. The average Bonchev–Trinajstić information content (AvgIpc) is 2.50. The van der Waals surface area contributed by atoms with Crippen LogP contribution >= 0.6 is 0 Å². The molecule has 0 aromatic rings. The molecule has 0 N–H and O–H groups in total. The minimum Gasteiger partial charge on any atom is -0.353 e. The first-order valence-corrected chi connectivity index (χ1v) is 5.75. The zero-order valence-electron chi connectivity index (χ0n) is 10.5. The van der Waals surface area contributed by atoms with Crippen molar-refractivity contribution in [2.75, 3.05) is 14.2 Å². The Morgan fingerprint density at radius 3 is 2.44 bits per heavy atom. The molecule has 0 amide bonds. The van der Waals surface area contributed by atoms with E-state index in [9.17, 15) is 4.79 Å². The Balaban J connectivity index is 2.42. The van der Waals surface area contributed by atoms with Crippen LogP contribution < -0.4 is 0 Å². The van der Waals surface area contributed by atoms with Gasteiger partial charge < -0.3 is 14.2 Å². The molecule has 0 radical (unpaired) electrons. The summed E-state index contributed by atoms with van der Waals surface area (Å²) in [5, 5.41) is 0. The summed E-state index contributed by atoms with van der Waals surface area (Å²) in [7, 11) is 3.22. The topological polar surface area (TPSA) is 44.8 Å². The molecule has 4 nitrogen and oxygen atoms in total. The van der Waals surface area contributed by atoms with Gasteiger partial charge in [0.05, 0.1) is 5.41 Å². The van der Waals surface area contributed by atoms with E-state index in [0.29, 0.717) is 12.8 Å². The summed E-state index contributed by atoms with van der Waals surface area (Å²) in [6.07, 6.45) is 2.75. The van der Waals surface area contributed by atoms with Crippen molar-refractivity contribution in [3.63, 3.8) is 0 Å². The highest BCUT2D eigenvalue weighted by Crippen LogP contribution is 2.57. The molecule has 4 heteroatoms. The molecule has 0 aromatic carbocycles. The highest BCUT2D eigenvalue weighted by Gasteiger charge is 2.66. The van der Waals surface area contributed by atoms with E-state index >= 15 is 0 Å². The van der Waals surface area contributed by atoms with E-state index < -0.39 is 17.0 Å². The number of methoxy groups -OCH3 is 2. The summed E-state index contributed by atoms with van der Waals surface area (Å²) in [4.78, 5) is 12.1. The van der Waals surface area contributed by atoms with Crippen LogP contribution in [0.15, 0.2) is 0 Å². The maximum absolute atomic E-state index is 12.1. The normalized spacial score (nSPS) is 48.1. The number of carbonyl (C=O) groups excluding carboxylic acids is 1. The van der Waals surface area contributed by atoms with Crippen molar-refractivity contribution in [3.8, 4) is 0 Å². The first kappa shape index (κ1) is 12.0. The number of rotatable bonds is 2.